The minimum atomic E-state index is -4.77. The van der Waals surface area contributed by atoms with Crippen molar-refractivity contribution in [2.45, 2.75) is 188 Å². The number of aryl methyl sites for hydroxylation is 2. The first-order valence-electron chi connectivity index (χ1n) is 31.5. The Morgan fingerprint density at radius 2 is 1.10 bits per heavy atom. The van der Waals surface area contributed by atoms with E-state index in [2.05, 4.69) is 21.3 Å². The maximum Gasteiger partial charge on any atom is 0.417 e. The molecule has 1 aliphatic heterocycles. The van der Waals surface area contributed by atoms with Crippen molar-refractivity contribution in [1.29, 1.82) is 0 Å². The number of nitrogens with zero attached hydrogens (tertiary/aromatic N) is 7. The zero-order valence-corrected chi connectivity index (χ0v) is 58.1. The van der Waals surface area contributed by atoms with Crippen LogP contribution in [0.25, 0.3) is 0 Å². The molecule has 514 valence electrons. The summed E-state index contributed by atoms with van der Waals surface area (Å²) in [5.74, 6) is -8.62. The van der Waals surface area contributed by atoms with Crippen LogP contribution in [0.5, 0.6) is 0 Å². The lowest BCUT2D eigenvalue weighted by atomic mass is 9.95. The number of benzene rings is 2. The second-order valence-corrected chi connectivity index (χ2v) is 27.1. The Hall–Kier alpha value is -7.31. The van der Waals surface area contributed by atoms with Crippen molar-refractivity contribution >= 4 is 76.6 Å². The first-order chi connectivity index (χ1) is 42.5. The predicted molar refractivity (Wildman–Crippen MR) is 345 cm³/mol. The van der Waals surface area contributed by atoms with Crippen molar-refractivity contribution in [1.82, 2.24) is 55.6 Å². The molecule has 8 atom stereocenters. The fourth-order valence-electron chi connectivity index (χ4n) is 10.5. The van der Waals surface area contributed by atoms with Crippen LogP contribution in [0.3, 0.4) is 0 Å². The summed E-state index contributed by atoms with van der Waals surface area (Å²) < 4.78 is 41.3. The fraction of sp³-hybridized carbons (Fsp3) is 0.652. The summed E-state index contributed by atoms with van der Waals surface area (Å²) in [7, 11) is 9.71. The molecule has 0 spiro atoms. The smallest absolute Gasteiger partial charge is 0.343 e. The number of likely N-dealkylation sites (N-methyl/N-ethyl adjacent to an activating group) is 7. The highest BCUT2D eigenvalue weighted by Gasteiger charge is 2.43. The summed E-state index contributed by atoms with van der Waals surface area (Å²) in [4.78, 5) is 167. The predicted octanol–water partition coefficient (Wildman–Crippen LogP) is 5.48. The molecule has 92 heavy (non-hydrogen) atoms. The lowest BCUT2D eigenvalue weighted by Gasteiger charge is -2.39. The minimum absolute atomic E-state index is 0.0147. The standard InChI is InChI=1S/C66H101ClF3N11O11/c1-20-42(9)57-63(91)77(15)36-55(84)75(13)37-56(85)80(18)52(34-45-23-21-41(8)22-24-45)62(90)76(14)35-53(82)71-48(28-26-44-25-27-46(47(67)33-44)66(68,69)70)58(86)72-50(30-39(4)5)61(89)81(19)65(11,12)64(92)73-49(29-38(2)3)60(88)78(16)43(10)32-54(83)79(17)51(31-40(6)7)59(87)74-57/h21-25,27,33,38-40,42-43,48-52,57H,20,26,28-32,34-37H2,1-19H3,(H,71,82)(H,72,86)(H,73,92)(H,74,87)/t42-,43+,48-,49+,50-,51-,52-,57-/m0/s1. The van der Waals surface area contributed by atoms with E-state index >= 15 is 0 Å². The van der Waals surface area contributed by atoms with E-state index in [9.17, 15) is 65.9 Å². The number of rotatable bonds is 13. The van der Waals surface area contributed by atoms with Gasteiger partial charge >= 0.3 is 6.18 Å². The van der Waals surface area contributed by atoms with E-state index in [4.69, 9.17) is 11.6 Å². The van der Waals surface area contributed by atoms with Gasteiger partial charge in [0.2, 0.25) is 65.0 Å². The Labute approximate surface area is 546 Å². The van der Waals surface area contributed by atoms with E-state index in [1.54, 1.807) is 39.8 Å². The summed E-state index contributed by atoms with van der Waals surface area (Å²) in [5.41, 5.74) is -0.987. The third-order valence-corrected chi connectivity index (χ3v) is 17.5. The van der Waals surface area contributed by atoms with Crippen molar-refractivity contribution in [2.75, 3.05) is 69.0 Å². The Morgan fingerprint density at radius 1 is 0.576 bits per heavy atom. The maximum atomic E-state index is 14.8. The summed E-state index contributed by atoms with van der Waals surface area (Å²) >= 11 is 6.09. The molecule has 3 rings (SSSR count). The quantitative estimate of drug-likeness (QED) is 0.195. The second-order valence-electron chi connectivity index (χ2n) is 26.6. The lowest BCUT2D eigenvalue weighted by molar-refractivity contribution is -0.149. The average Bonchev–Trinajstić information content (AvgIpc) is 3.63. The molecule has 0 saturated carbocycles. The molecule has 2 aromatic carbocycles. The van der Waals surface area contributed by atoms with Gasteiger partial charge in [-0.15, -0.1) is 0 Å². The number of hydrogen-bond donors (Lipinski definition) is 4. The first-order valence-corrected chi connectivity index (χ1v) is 31.8. The van der Waals surface area contributed by atoms with Crippen molar-refractivity contribution in [3.8, 4) is 0 Å². The van der Waals surface area contributed by atoms with E-state index in [0.717, 1.165) is 42.2 Å². The molecule has 0 aromatic heterocycles. The van der Waals surface area contributed by atoms with E-state index in [0.29, 0.717) is 12.0 Å². The molecule has 0 unspecified atom stereocenters. The largest absolute Gasteiger partial charge is 0.417 e. The molecule has 0 aliphatic carbocycles. The van der Waals surface area contributed by atoms with Crippen LogP contribution in [0.2, 0.25) is 5.02 Å². The zero-order chi connectivity index (χ0) is 70.2. The summed E-state index contributed by atoms with van der Waals surface area (Å²) in [6, 6.07) is 1.90. The second kappa shape index (κ2) is 34.6. The van der Waals surface area contributed by atoms with Gasteiger partial charge in [0.25, 0.3) is 0 Å². The molecule has 26 heteroatoms. The van der Waals surface area contributed by atoms with Gasteiger partial charge in [-0.3, -0.25) is 52.7 Å². The highest BCUT2D eigenvalue weighted by atomic mass is 35.5. The summed E-state index contributed by atoms with van der Waals surface area (Å²) in [5, 5.41) is 10.5. The molecule has 22 nitrogen and oxygen atoms in total. The Bertz CT molecular complexity index is 2950. The van der Waals surface area contributed by atoms with Gasteiger partial charge in [-0.05, 0) is 107 Å². The molecule has 1 fully saturated rings. The van der Waals surface area contributed by atoms with Crippen LogP contribution in [0.15, 0.2) is 42.5 Å². The number of halogens is 4. The average molecular weight is 1320 g/mol. The number of hydrogen-bond acceptors (Lipinski definition) is 11. The number of carbonyl (C=O) groups excluding carboxylic acids is 11. The van der Waals surface area contributed by atoms with Crippen LogP contribution in [-0.2, 0) is 71.8 Å². The Morgan fingerprint density at radius 3 is 1.63 bits per heavy atom. The lowest BCUT2D eigenvalue weighted by Crippen LogP contribution is -2.63. The van der Waals surface area contributed by atoms with Gasteiger partial charge in [0.15, 0.2) is 0 Å². The van der Waals surface area contributed by atoms with Gasteiger partial charge in [0.1, 0.15) is 41.8 Å². The number of carbonyl (C=O) groups is 11. The Balaban J connectivity index is 2.24. The summed E-state index contributed by atoms with van der Waals surface area (Å²) in [6.07, 6.45) is -4.69. The van der Waals surface area contributed by atoms with Gasteiger partial charge in [-0.1, -0.05) is 109 Å². The van der Waals surface area contributed by atoms with Crippen LogP contribution in [-0.4, -0.2) is 216 Å². The highest BCUT2D eigenvalue weighted by molar-refractivity contribution is 6.31. The first kappa shape index (κ1) is 78.9. The van der Waals surface area contributed by atoms with Crippen LogP contribution >= 0.6 is 11.6 Å². The van der Waals surface area contributed by atoms with Crippen molar-refractivity contribution in [3.05, 3.63) is 69.7 Å². The fourth-order valence-corrected chi connectivity index (χ4v) is 10.8. The number of alkyl halides is 3. The SMILES string of the molecule is CC[C@H](C)[C@@H]1NC(=O)[C@H](CC(C)C)N(C)C(=O)C[C@@H](C)N(C)C(=O)[C@@H](CC(C)C)NC(=O)C(C)(C)N(C)C(=O)[C@H](CC(C)C)NC(=O)[C@H](CCc2ccc(C(F)(F)F)c(Cl)c2)NC(=O)CN(C)C(=O)[C@H](Cc2ccc(C)cc2)N(C)C(=O)CN(C)C(=O)CN(C)C1=O. The molecule has 0 radical (unpaired) electrons. The monoisotopic (exact) mass is 1320 g/mol. The van der Waals surface area contributed by atoms with E-state index in [1.165, 1.54) is 79.0 Å². The van der Waals surface area contributed by atoms with Gasteiger partial charge in [-0.25, -0.2) is 0 Å². The van der Waals surface area contributed by atoms with Gasteiger partial charge < -0.3 is 55.6 Å². The molecule has 1 saturated heterocycles. The van der Waals surface area contributed by atoms with Gasteiger partial charge in [0, 0.05) is 68.2 Å². The van der Waals surface area contributed by atoms with Gasteiger partial charge in [-0.2, -0.15) is 13.2 Å². The summed E-state index contributed by atoms with van der Waals surface area (Å²) in [6.45, 7) is 19.2. The molecule has 0 bridgehead atoms. The third kappa shape index (κ3) is 22.5. The topological polar surface area (TPSA) is 259 Å². The maximum absolute atomic E-state index is 14.8. The molecular formula is C66H101ClF3N11O11. The Kier molecular flexibility index (Phi) is 29.6. The molecular weight excluding hydrogens is 1220 g/mol. The van der Waals surface area contributed by atoms with Crippen molar-refractivity contribution in [2.24, 2.45) is 23.7 Å². The van der Waals surface area contributed by atoms with Crippen LogP contribution in [0.4, 0.5) is 13.2 Å². The zero-order valence-electron chi connectivity index (χ0n) is 57.3. The molecule has 1 heterocycles. The minimum Gasteiger partial charge on any atom is -0.343 e. The normalized spacial score (nSPS) is 23.5. The highest BCUT2D eigenvalue weighted by Crippen LogP contribution is 2.35. The van der Waals surface area contributed by atoms with Crippen LogP contribution < -0.4 is 21.3 Å². The number of amides is 11. The molecule has 2 aromatic rings. The van der Waals surface area contributed by atoms with Crippen LogP contribution in [0, 0.1) is 30.6 Å². The molecule has 4 N–H and O–H groups in total. The van der Waals surface area contributed by atoms with Crippen molar-refractivity contribution in [3.63, 3.8) is 0 Å². The van der Waals surface area contributed by atoms with E-state index < -0.39 is 155 Å². The number of nitrogens with one attached hydrogen (secondary N) is 4. The van der Waals surface area contributed by atoms with Gasteiger partial charge in [0.05, 0.1) is 30.2 Å². The van der Waals surface area contributed by atoms with E-state index in [-0.39, 0.29) is 68.3 Å². The molecule has 11 amide bonds. The third-order valence-electron chi connectivity index (χ3n) is 17.2. The van der Waals surface area contributed by atoms with Crippen LogP contribution in [0.1, 0.15) is 137 Å². The van der Waals surface area contributed by atoms with E-state index in [1.807, 2.05) is 53.7 Å². The van der Waals surface area contributed by atoms with Crippen molar-refractivity contribution < 1.29 is 65.9 Å². The molecule has 1 aliphatic rings.